The fraction of sp³-hybridized carbons (Fsp3) is 0.0303. The van der Waals surface area contributed by atoms with Crippen molar-refractivity contribution < 1.29 is 0 Å². The van der Waals surface area contributed by atoms with Crippen molar-refractivity contribution in [3.05, 3.63) is 162 Å². The van der Waals surface area contributed by atoms with Gasteiger partial charge in [0.15, 0.2) is 0 Å². The van der Waals surface area contributed by atoms with E-state index >= 15 is 0 Å². The van der Waals surface area contributed by atoms with Gasteiger partial charge < -0.3 is 4.57 Å². The maximum atomic E-state index is 4.63. The molecule has 3 aromatic carbocycles. The van der Waals surface area contributed by atoms with E-state index in [2.05, 4.69) is 112 Å². The van der Waals surface area contributed by atoms with Crippen LogP contribution in [0.2, 0.25) is 0 Å². The molecule has 3 aromatic heterocycles. The summed E-state index contributed by atoms with van der Waals surface area (Å²) >= 11 is 0. The number of hydrogen-bond donors (Lipinski definition) is 0. The third-order valence-electron chi connectivity index (χ3n) is 7.25. The van der Waals surface area contributed by atoms with Gasteiger partial charge in [-0.05, 0) is 69.8 Å². The summed E-state index contributed by atoms with van der Waals surface area (Å²) in [6, 6.07) is 40.8. The summed E-state index contributed by atoms with van der Waals surface area (Å²) in [6.07, 6.45) is 8.03. The van der Waals surface area contributed by atoms with E-state index < -0.39 is 5.41 Å². The van der Waals surface area contributed by atoms with Crippen LogP contribution in [0.15, 0.2) is 140 Å². The predicted octanol–water partition coefficient (Wildman–Crippen LogP) is 7.30. The third kappa shape index (κ3) is 2.99. The van der Waals surface area contributed by atoms with Gasteiger partial charge in [0, 0.05) is 30.4 Å². The van der Waals surface area contributed by atoms with Crippen molar-refractivity contribution in [2.45, 2.75) is 5.41 Å². The number of aromatic nitrogens is 3. The first-order valence-corrected chi connectivity index (χ1v) is 12.2. The highest BCUT2D eigenvalue weighted by Crippen LogP contribution is 2.56. The monoisotopic (exact) mass is 461 g/mol. The lowest BCUT2D eigenvalue weighted by Gasteiger charge is -2.33. The van der Waals surface area contributed by atoms with Crippen LogP contribution in [-0.2, 0) is 5.41 Å². The largest absolute Gasteiger partial charge is 0.308 e. The summed E-state index contributed by atoms with van der Waals surface area (Å²) in [5, 5.41) is 0. The lowest BCUT2D eigenvalue weighted by atomic mass is 9.68. The average molecular weight is 462 g/mol. The fourth-order valence-corrected chi connectivity index (χ4v) is 5.74. The van der Waals surface area contributed by atoms with Crippen LogP contribution in [-0.4, -0.2) is 14.5 Å². The van der Waals surface area contributed by atoms with Crippen molar-refractivity contribution in [2.24, 2.45) is 0 Å². The van der Waals surface area contributed by atoms with Gasteiger partial charge in [0.2, 0.25) is 0 Å². The molecule has 0 aliphatic heterocycles. The SMILES string of the molecule is c1ccc(-c2cccc(C3(c4ccn(-c5ccccn5)c4)c4ccccc4-c4ccccc43)c2)nc1. The molecule has 0 atom stereocenters. The first kappa shape index (κ1) is 20.6. The van der Waals surface area contributed by atoms with E-state index in [9.17, 15) is 0 Å². The molecule has 0 radical (unpaired) electrons. The van der Waals surface area contributed by atoms with Crippen LogP contribution < -0.4 is 0 Å². The van der Waals surface area contributed by atoms with E-state index in [1.54, 1.807) is 0 Å². The molecule has 3 nitrogen and oxygen atoms in total. The topological polar surface area (TPSA) is 30.7 Å². The zero-order chi connectivity index (χ0) is 24.0. The number of benzene rings is 3. The Bertz CT molecular complexity index is 1640. The van der Waals surface area contributed by atoms with E-state index in [1.807, 2.05) is 42.7 Å². The maximum Gasteiger partial charge on any atom is 0.136 e. The number of pyridine rings is 2. The average Bonchev–Trinajstić information content (AvgIpc) is 3.56. The first-order chi connectivity index (χ1) is 17.9. The van der Waals surface area contributed by atoms with E-state index in [4.69, 9.17) is 0 Å². The molecule has 1 aliphatic rings. The van der Waals surface area contributed by atoms with Crippen LogP contribution >= 0.6 is 0 Å². The first-order valence-electron chi connectivity index (χ1n) is 12.2. The standard InChI is InChI=1S/C33H23N3/c1-3-14-29-27(12-1)28-13-2-4-15-30(28)33(29,26-18-21-36(23-26)32-17-6-8-20-35-32)25-11-9-10-24(22-25)31-16-5-7-19-34-31/h1-23H. The number of nitrogens with zero attached hydrogens (tertiary/aromatic N) is 3. The normalized spacial score (nSPS) is 13.2. The Labute approximate surface area is 210 Å². The van der Waals surface area contributed by atoms with Crippen LogP contribution in [0.5, 0.6) is 0 Å². The van der Waals surface area contributed by atoms with Crippen LogP contribution in [0.4, 0.5) is 0 Å². The van der Waals surface area contributed by atoms with E-state index in [-0.39, 0.29) is 0 Å². The van der Waals surface area contributed by atoms with Gasteiger partial charge in [0.1, 0.15) is 5.82 Å². The van der Waals surface area contributed by atoms with Crippen molar-refractivity contribution in [2.75, 3.05) is 0 Å². The number of fused-ring (bicyclic) bond motifs is 3. The van der Waals surface area contributed by atoms with Crippen molar-refractivity contribution in [3.63, 3.8) is 0 Å². The second-order valence-electron chi connectivity index (χ2n) is 9.13. The molecular formula is C33H23N3. The molecule has 0 unspecified atom stereocenters. The molecule has 0 fully saturated rings. The molecule has 7 rings (SSSR count). The Hall–Kier alpha value is -4.76. The van der Waals surface area contributed by atoms with Gasteiger partial charge in [0.05, 0.1) is 11.1 Å². The fourth-order valence-electron chi connectivity index (χ4n) is 5.74. The second kappa shape index (κ2) is 8.17. The Kier molecular flexibility index (Phi) is 4.68. The molecule has 0 N–H and O–H groups in total. The Balaban J connectivity index is 1.54. The lowest BCUT2D eigenvalue weighted by molar-refractivity contribution is 0.767. The molecule has 0 bridgehead atoms. The van der Waals surface area contributed by atoms with E-state index in [1.165, 1.54) is 33.4 Å². The highest BCUT2D eigenvalue weighted by atomic mass is 15.0. The van der Waals surface area contributed by atoms with Crippen LogP contribution in [0.3, 0.4) is 0 Å². The molecule has 170 valence electrons. The highest BCUT2D eigenvalue weighted by Gasteiger charge is 2.46. The van der Waals surface area contributed by atoms with Gasteiger partial charge >= 0.3 is 0 Å². The summed E-state index contributed by atoms with van der Waals surface area (Å²) in [7, 11) is 0. The van der Waals surface area contributed by atoms with Gasteiger partial charge in [-0.3, -0.25) is 4.98 Å². The zero-order valence-corrected chi connectivity index (χ0v) is 19.6. The van der Waals surface area contributed by atoms with Gasteiger partial charge in [-0.1, -0.05) is 78.9 Å². The van der Waals surface area contributed by atoms with Gasteiger partial charge in [0.25, 0.3) is 0 Å². The van der Waals surface area contributed by atoms with Crippen molar-refractivity contribution in [1.82, 2.24) is 14.5 Å². The zero-order valence-electron chi connectivity index (χ0n) is 19.6. The summed E-state index contributed by atoms with van der Waals surface area (Å²) in [4.78, 5) is 9.21. The van der Waals surface area contributed by atoms with Gasteiger partial charge in [-0.2, -0.15) is 0 Å². The Morgan fingerprint density at radius 2 is 1.25 bits per heavy atom. The predicted molar refractivity (Wildman–Crippen MR) is 144 cm³/mol. The highest BCUT2D eigenvalue weighted by molar-refractivity contribution is 5.86. The number of hydrogen-bond acceptors (Lipinski definition) is 2. The van der Waals surface area contributed by atoms with E-state index in [0.717, 1.165) is 17.1 Å². The van der Waals surface area contributed by atoms with Crippen molar-refractivity contribution in [3.8, 4) is 28.2 Å². The summed E-state index contributed by atoms with van der Waals surface area (Å²) in [5.74, 6) is 0.903. The minimum atomic E-state index is -0.460. The smallest absolute Gasteiger partial charge is 0.136 e. The molecule has 0 spiro atoms. The molecule has 1 aliphatic carbocycles. The minimum Gasteiger partial charge on any atom is -0.308 e. The summed E-state index contributed by atoms with van der Waals surface area (Å²) < 4.78 is 2.11. The van der Waals surface area contributed by atoms with Crippen molar-refractivity contribution >= 4 is 0 Å². The maximum absolute atomic E-state index is 4.63. The molecule has 0 saturated carbocycles. The Morgan fingerprint density at radius 3 is 1.94 bits per heavy atom. The lowest BCUT2D eigenvalue weighted by Crippen LogP contribution is -2.28. The summed E-state index contributed by atoms with van der Waals surface area (Å²) in [5.41, 5.74) is 9.21. The molecule has 6 aromatic rings. The van der Waals surface area contributed by atoms with Crippen LogP contribution in [0.25, 0.3) is 28.2 Å². The molecule has 0 amide bonds. The molecule has 3 heteroatoms. The van der Waals surface area contributed by atoms with Gasteiger partial charge in [-0.15, -0.1) is 0 Å². The second-order valence-corrected chi connectivity index (χ2v) is 9.13. The third-order valence-corrected chi connectivity index (χ3v) is 7.25. The minimum absolute atomic E-state index is 0.460. The van der Waals surface area contributed by atoms with E-state index in [0.29, 0.717) is 0 Å². The molecule has 0 saturated heterocycles. The van der Waals surface area contributed by atoms with Crippen LogP contribution in [0.1, 0.15) is 22.3 Å². The Morgan fingerprint density at radius 1 is 0.556 bits per heavy atom. The quantitative estimate of drug-likeness (QED) is 0.275. The molecule has 3 heterocycles. The number of rotatable bonds is 4. The molecule has 36 heavy (non-hydrogen) atoms. The van der Waals surface area contributed by atoms with Crippen LogP contribution in [0, 0.1) is 0 Å². The van der Waals surface area contributed by atoms with Gasteiger partial charge in [-0.25, -0.2) is 4.98 Å². The molecular weight excluding hydrogens is 438 g/mol. The van der Waals surface area contributed by atoms with Crippen molar-refractivity contribution in [1.29, 1.82) is 0 Å². The summed E-state index contributed by atoms with van der Waals surface area (Å²) in [6.45, 7) is 0.